The average molecular weight is 1600 g/mol. The van der Waals surface area contributed by atoms with Crippen LogP contribution in [0.25, 0.3) is 44.2 Å². The number of benzene rings is 10. The Hall–Kier alpha value is -10.3. The summed E-state index contributed by atoms with van der Waals surface area (Å²) in [7, 11) is 0. The third-order valence-electron chi connectivity index (χ3n) is 16.0. The second-order valence-electron chi connectivity index (χ2n) is 22.1. The van der Waals surface area contributed by atoms with Gasteiger partial charge in [-0.2, -0.15) is 0 Å². The maximum Gasteiger partial charge on any atom is 0.200 e. The Balaban J connectivity index is 0.000000236. The van der Waals surface area contributed by atoms with Gasteiger partial charge in [-0.05, 0) is 121 Å². The van der Waals surface area contributed by atoms with Crippen LogP contribution in [0.3, 0.4) is 0 Å². The van der Waals surface area contributed by atoms with Gasteiger partial charge in [0.25, 0.3) is 0 Å². The van der Waals surface area contributed by atoms with Gasteiger partial charge in [-0.1, -0.05) is 0 Å². The summed E-state index contributed by atoms with van der Waals surface area (Å²) < 4.78 is 516. The maximum absolute atomic E-state index is 14.3. The molecule has 0 aromatic heterocycles. The van der Waals surface area contributed by atoms with Crippen molar-refractivity contribution in [1.82, 2.24) is 0 Å². The molecule has 10 rings (SSSR count). The summed E-state index contributed by atoms with van der Waals surface area (Å²) in [4.78, 5) is 0. The van der Waals surface area contributed by atoms with Crippen molar-refractivity contribution in [3.8, 4) is 33.4 Å². The zero-order chi connectivity index (χ0) is 83.5. The van der Waals surface area contributed by atoms with Crippen LogP contribution < -0.4 is 0 Å². The van der Waals surface area contributed by atoms with Crippen molar-refractivity contribution in [1.29, 1.82) is 0 Å². The summed E-state index contributed by atoms with van der Waals surface area (Å²) in [5, 5.41) is -3.05. The molecule has 0 bridgehead atoms. The number of hydrogen-bond acceptors (Lipinski definition) is 0. The molecule has 0 atom stereocenters. The van der Waals surface area contributed by atoms with E-state index in [4.69, 9.17) is 0 Å². The molecule has 0 aliphatic carbocycles. The van der Waals surface area contributed by atoms with E-state index in [9.17, 15) is 171 Å². The minimum Gasteiger partial charge on any atom is -0.206 e. The van der Waals surface area contributed by atoms with Crippen LogP contribution in [0.5, 0.6) is 0 Å². The number of hydrogen-bond donors (Lipinski definition) is 0. The van der Waals surface area contributed by atoms with Crippen molar-refractivity contribution < 1.29 is 171 Å². The number of fused-ring (bicyclic) bond motifs is 1. The van der Waals surface area contributed by atoms with Gasteiger partial charge in [0.05, 0.1) is 44.2 Å². The topological polar surface area (TPSA) is 0 Å². The Bertz CT molecular complexity index is 4300. The van der Waals surface area contributed by atoms with Crippen molar-refractivity contribution in [3.63, 3.8) is 0 Å². The van der Waals surface area contributed by atoms with E-state index in [-0.39, 0.29) is 33.4 Å². The number of halogens is 39. The van der Waals surface area contributed by atoms with Gasteiger partial charge in [-0.3, -0.25) is 0 Å². The first kappa shape index (κ1) is 88.4. The van der Waals surface area contributed by atoms with Crippen LogP contribution in [-0.2, 0) is 0 Å². The molecule has 0 nitrogen and oxygen atoms in total. The van der Waals surface area contributed by atoms with Gasteiger partial charge in [0.1, 0.15) is 23.3 Å². The summed E-state index contributed by atoms with van der Waals surface area (Å²) in [6.07, 6.45) is 0. The minimum atomic E-state index is -2.59. The first-order valence-electron chi connectivity index (χ1n) is 28.4. The summed E-state index contributed by atoms with van der Waals surface area (Å²) in [6.45, 7) is 11.1. The lowest BCUT2D eigenvalue weighted by molar-refractivity contribution is 0.373. The fourth-order valence-electron chi connectivity index (χ4n) is 9.10. The SMILES string of the molecule is Cc1c(C)c(F)c(-c2c(F)c(C)c(C)c(F)c2F)c(F)c1F.Cc1c(C)c(F)c(-c2c(F)c(F)c(F)c(F)c2F)c(F)c1F.Cc1c(C)c(F)c(F)c(F)c1F.Cc1c(F)c(F)c(-c2c(F)c(F)c(F)c(F)c2F)c(F)c1F.Cc1c(F)c(F)c(F)c(F)c1F.Cc1c(F)c(F)c2c(F)c(F)c(F)c(F)c2c1F. The molecule has 0 fully saturated rings. The predicted octanol–water partition coefficient (Wildman–Crippen LogP) is 25.1. The zero-order valence-corrected chi connectivity index (χ0v) is 54.7. The van der Waals surface area contributed by atoms with Gasteiger partial charge >= 0.3 is 0 Å². The molecule has 582 valence electrons. The van der Waals surface area contributed by atoms with Crippen molar-refractivity contribution in [2.75, 3.05) is 0 Å². The first-order chi connectivity index (χ1) is 49.5. The van der Waals surface area contributed by atoms with E-state index in [1.54, 1.807) is 0 Å². The Kier molecular flexibility index (Phi) is 27.1. The second kappa shape index (κ2) is 33.1. The Labute approximate surface area is 578 Å². The van der Waals surface area contributed by atoms with E-state index >= 15 is 0 Å². The van der Waals surface area contributed by atoms with Crippen LogP contribution in [0.15, 0.2) is 0 Å². The third kappa shape index (κ3) is 15.2. The molecule has 0 saturated heterocycles. The van der Waals surface area contributed by atoms with Gasteiger partial charge in [0, 0.05) is 16.7 Å². The molecule has 10 aromatic rings. The quantitative estimate of drug-likeness (QED) is 0.0940. The largest absolute Gasteiger partial charge is 0.206 e. The average Bonchev–Trinajstić information content (AvgIpc) is 0.760. The fraction of sp³-hybridized carbons (Fsp3) is 0.159. The highest BCUT2D eigenvalue weighted by molar-refractivity contribution is 5.86. The van der Waals surface area contributed by atoms with Gasteiger partial charge in [0.15, 0.2) is 186 Å². The zero-order valence-electron chi connectivity index (χ0n) is 54.7. The molecule has 0 aliphatic rings. The monoisotopic (exact) mass is 1600 g/mol. The normalized spacial score (nSPS) is 11.1. The highest BCUT2D eigenvalue weighted by Crippen LogP contribution is 2.43. The lowest BCUT2D eigenvalue weighted by Gasteiger charge is -2.16. The third-order valence-corrected chi connectivity index (χ3v) is 16.0. The van der Waals surface area contributed by atoms with Gasteiger partial charge in [0.2, 0.25) is 17.5 Å². The molecule has 108 heavy (non-hydrogen) atoms. The standard InChI is InChI=1S/C16H12F6.C14H6F8.C13H3F9.C11H3F7.C8H6F4.C7H3F5/c1-5-7(3)13(19)15(21)9(11(5)17)10-12(18)6(2)8(4)14(20)16(10)22;1-3-4(2)8(16)9(17)5(7(3)15)6-10(18)12(20)14(22)13(21)11(6)19;1-2-5(14)7(16)3(8(17)6(2)15)4-9(18)11(20)13(22)12(21)10(4)19;1-2-5(12)3-4(7(14)6(2)13)9(16)11(18)10(17)8(3)15;1-3-4(2)6(10)8(12)7(11)5(3)9;1-2-3(8)5(10)7(12)6(11)4(2)9/h1-4H3;1-2H3;1H3;1H3;1-2H3;1H3. The van der Waals surface area contributed by atoms with E-state index in [1.165, 1.54) is 13.8 Å². The van der Waals surface area contributed by atoms with E-state index < -0.39 is 299 Å². The Morgan fingerprint density at radius 2 is 0.176 bits per heavy atom. The predicted molar refractivity (Wildman–Crippen MR) is 303 cm³/mol. The van der Waals surface area contributed by atoms with Crippen LogP contribution in [0.1, 0.15) is 61.2 Å². The van der Waals surface area contributed by atoms with Crippen molar-refractivity contribution in [2.45, 2.75) is 76.2 Å². The summed E-state index contributed by atoms with van der Waals surface area (Å²) >= 11 is 0. The van der Waals surface area contributed by atoms with E-state index in [1.807, 2.05) is 0 Å². The van der Waals surface area contributed by atoms with Crippen molar-refractivity contribution in [3.05, 3.63) is 288 Å². The van der Waals surface area contributed by atoms with Gasteiger partial charge in [-0.25, -0.2) is 171 Å². The van der Waals surface area contributed by atoms with Gasteiger partial charge in [-0.15, -0.1) is 0 Å². The molecule has 0 heterocycles. The van der Waals surface area contributed by atoms with Crippen LogP contribution in [0.2, 0.25) is 0 Å². The van der Waals surface area contributed by atoms with Crippen LogP contribution in [0.4, 0.5) is 171 Å². The molecular weight excluding hydrogens is 1570 g/mol. The first-order valence-corrected chi connectivity index (χ1v) is 28.4. The van der Waals surface area contributed by atoms with E-state index in [2.05, 4.69) is 0 Å². The van der Waals surface area contributed by atoms with Crippen molar-refractivity contribution >= 4 is 10.8 Å². The number of rotatable bonds is 3. The molecule has 39 heteroatoms. The molecule has 0 amide bonds. The molecule has 0 unspecified atom stereocenters. The second-order valence-corrected chi connectivity index (χ2v) is 22.1. The van der Waals surface area contributed by atoms with E-state index in [0.717, 1.165) is 55.4 Å². The molecule has 0 aliphatic heterocycles. The molecular formula is C69H33F39. The highest BCUT2D eigenvalue weighted by Gasteiger charge is 2.37. The molecule has 0 spiro atoms. The van der Waals surface area contributed by atoms with Crippen molar-refractivity contribution in [2.24, 2.45) is 0 Å². The summed E-state index contributed by atoms with van der Waals surface area (Å²) in [6, 6.07) is 0. The van der Waals surface area contributed by atoms with Gasteiger partial charge < -0.3 is 0 Å². The minimum absolute atomic E-state index is 0.202. The summed E-state index contributed by atoms with van der Waals surface area (Å²) in [5.41, 5.74) is -15.7. The highest BCUT2D eigenvalue weighted by atomic mass is 19.2. The molecule has 10 aromatic carbocycles. The smallest absolute Gasteiger partial charge is 0.200 e. The molecule has 0 radical (unpaired) electrons. The molecule has 0 saturated carbocycles. The lowest BCUT2D eigenvalue weighted by atomic mass is 9.94. The Morgan fingerprint density at radius 3 is 0.389 bits per heavy atom. The van der Waals surface area contributed by atoms with E-state index in [0.29, 0.717) is 6.92 Å². The Morgan fingerprint density at radius 1 is 0.0833 bits per heavy atom. The summed E-state index contributed by atoms with van der Waals surface area (Å²) in [5.74, 6) is -77.9. The fourth-order valence-corrected chi connectivity index (χ4v) is 9.10. The van der Waals surface area contributed by atoms with Crippen LogP contribution >= 0.6 is 0 Å². The van der Waals surface area contributed by atoms with Crippen LogP contribution in [-0.4, -0.2) is 0 Å². The molecule has 0 N–H and O–H groups in total. The lowest BCUT2D eigenvalue weighted by Crippen LogP contribution is -2.09. The maximum atomic E-state index is 14.3. The van der Waals surface area contributed by atoms with Crippen LogP contribution in [0, 0.1) is 303 Å².